The van der Waals surface area contributed by atoms with Crippen LogP contribution >= 0.6 is 27.5 Å². The predicted octanol–water partition coefficient (Wildman–Crippen LogP) is 6.13. The van der Waals surface area contributed by atoms with Gasteiger partial charge in [-0.05, 0) is 60.2 Å². The number of benzene rings is 3. The number of anilines is 2. The molecule has 4 rings (SSSR count). The van der Waals surface area contributed by atoms with E-state index in [-0.39, 0.29) is 0 Å². The molecule has 0 aromatic heterocycles. The number of rotatable bonds is 7. The largest absolute Gasteiger partial charge is 0.489 e. The zero-order valence-electron chi connectivity index (χ0n) is 16.6. The van der Waals surface area contributed by atoms with Crippen molar-refractivity contribution in [2.45, 2.75) is 13.2 Å². The third-order valence-corrected chi connectivity index (χ3v) is 5.80. The number of morpholine rings is 1. The summed E-state index contributed by atoms with van der Waals surface area (Å²) >= 11 is 9.53. The van der Waals surface area contributed by atoms with Gasteiger partial charge < -0.3 is 19.7 Å². The van der Waals surface area contributed by atoms with Crippen LogP contribution in [0.1, 0.15) is 11.1 Å². The van der Waals surface area contributed by atoms with E-state index in [0.29, 0.717) is 13.2 Å². The Morgan fingerprint density at radius 2 is 1.70 bits per heavy atom. The van der Waals surface area contributed by atoms with Gasteiger partial charge in [0.25, 0.3) is 0 Å². The second kappa shape index (κ2) is 10.2. The summed E-state index contributed by atoms with van der Waals surface area (Å²) in [7, 11) is 0. The lowest BCUT2D eigenvalue weighted by molar-refractivity contribution is 0.122. The van der Waals surface area contributed by atoms with Crippen LogP contribution in [0, 0.1) is 0 Å². The van der Waals surface area contributed by atoms with Crippen LogP contribution in [-0.4, -0.2) is 26.3 Å². The zero-order chi connectivity index (χ0) is 20.8. The molecule has 0 spiro atoms. The third kappa shape index (κ3) is 5.69. The van der Waals surface area contributed by atoms with Crippen molar-refractivity contribution in [3.05, 3.63) is 87.4 Å². The first-order valence-electron chi connectivity index (χ1n) is 10.00. The molecule has 0 saturated carbocycles. The van der Waals surface area contributed by atoms with Gasteiger partial charge in [-0.15, -0.1) is 0 Å². The minimum atomic E-state index is 0.500. The highest BCUT2D eigenvalue weighted by Gasteiger charge is 2.11. The average molecular weight is 488 g/mol. The minimum Gasteiger partial charge on any atom is -0.489 e. The number of nitrogens with one attached hydrogen (secondary N) is 1. The summed E-state index contributed by atoms with van der Waals surface area (Å²) in [6, 6.07) is 22.4. The summed E-state index contributed by atoms with van der Waals surface area (Å²) in [6.45, 7) is 4.65. The summed E-state index contributed by atoms with van der Waals surface area (Å²) in [4.78, 5) is 2.35. The smallest absolute Gasteiger partial charge is 0.124 e. The van der Waals surface area contributed by atoms with Gasteiger partial charge in [-0.3, -0.25) is 0 Å². The fourth-order valence-electron chi connectivity index (χ4n) is 3.38. The van der Waals surface area contributed by atoms with E-state index >= 15 is 0 Å². The molecule has 30 heavy (non-hydrogen) atoms. The Bertz CT molecular complexity index is 958. The van der Waals surface area contributed by atoms with Gasteiger partial charge in [0.05, 0.1) is 13.2 Å². The third-order valence-electron chi connectivity index (χ3n) is 5.06. The van der Waals surface area contributed by atoms with Gasteiger partial charge in [0.2, 0.25) is 0 Å². The van der Waals surface area contributed by atoms with Crippen molar-refractivity contribution < 1.29 is 9.47 Å². The first-order chi connectivity index (χ1) is 14.7. The SMILES string of the molecule is Clc1ccc(COc2ccc(Br)cc2CNc2ccc(N3CCOCC3)cc2)cc1. The van der Waals surface area contributed by atoms with Crippen molar-refractivity contribution >= 4 is 38.9 Å². The summed E-state index contributed by atoms with van der Waals surface area (Å²) in [6.07, 6.45) is 0. The molecule has 1 N–H and O–H groups in total. The summed E-state index contributed by atoms with van der Waals surface area (Å²) in [5.41, 5.74) is 4.49. The van der Waals surface area contributed by atoms with E-state index in [1.54, 1.807) is 0 Å². The van der Waals surface area contributed by atoms with E-state index < -0.39 is 0 Å². The molecule has 0 amide bonds. The Balaban J connectivity index is 1.38. The molecule has 1 heterocycles. The van der Waals surface area contributed by atoms with Crippen LogP contribution in [0.4, 0.5) is 11.4 Å². The van der Waals surface area contributed by atoms with Gasteiger partial charge in [-0.2, -0.15) is 0 Å². The molecular formula is C24H24BrClN2O2. The van der Waals surface area contributed by atoms with Crippen LogP contribution < -0.4 is 15.0 Å². The van der Waals surface area contributed by atoms with Gasteiger partial charge in [0.15, 0.2) is 0 Å². The maximum Gasteiger partial charge on any atom is 0.124 e. The Labute approximate surface area is 190 Å². The Kier molecular flexibility index (Phi) is 7.16. The van der Waals surface area contributed by atoms with E-state index in [2.05, 4.69) is 56.5 Å². The Hall–Kier alpha value is -2.21. The van der Waals surface area contributed by atoms with Crippen molar-refractivity contribution in [3.8, 4) is 5.75 Å². The molecule has 0 radical (unpaired) electrons. The van der Waals surface area contributed by atoms with Crippen LogP contribution in [0.25, 0.3) is 0 Å². The van der Waals surface area contributed by atoms with E-state index in [1.807, 2.05) is 36.4 Å². The van der Waals surface area contributed by atoms with Crippen molar-refractivity contribution in [3.63, 3.8) is 0 Å². The molecule has 156 valence electrons. The summed E-state index contributed by atoms with van der Waals surface area (Å²) in [5.74, 6) is 0.866. The fraction of sp³-hybridized carbons (Fsp3) is 0.250. The van der Waals surface area contributed by atoms with E-state index in [4.69, 9.17) is 21.1 Å². The van der Waals surface area contributed by atoms with Crippen molar-refractivity contribution in [2.24, 2.45) is 0 Å². The molecular weight excluding hydrogens is 464 g/mol. The van der Waals surface area contributed by atoms with Crippen molar-refractivity contribution in [1.29, 1.82) is 0 Å². The highest BCUT2D eigenvalue weighted by Crippen LogP contribution is 2.26. The molecule has 0 aliphatic carbocycles. The minimum absolute atomic E-state index is 0.500. The Morgan fingerprint density at radius 1 is 0.967 bits per heavy atom. The van der Waals surface area contributed by atoms with E-state index in [9.17, 15) is 0 Å². The average Bonchev–Trinajstić information content (AvgIpc) is 2.79. The molecule has 6 heteroatoms. The topological polar surface area (TPSA) is 33.7 Å². The number of halogens is 2. The van der Waals surface area contributed by atoms with Crippen molar-refractivity contribution in [2.75, 3.05) is 36.5 Å². The van der Waals surface area contributed by atoms with Crippen LogP contribution in [-0.2, 0) is 17.9 Å². The van der Waals surface area contributed by atoms with Crippen LogP contribution in [0.5, 0.6) is 5.75 Å². The van der Waals surface area contributed by atoms with Gasteiger partial charge in [0, 0.05) is 46.1 Å². The highest BCUT2D eigenvalue weighted by atomic mass is 79.9. The molecule has 1 fully saturated rings. The highest BCUT2D eigenvalue weighted by molar-refractivity contribution is 9.10. The summed E-state index contributed by atoms with van der Waals surface area (Å²) in [5, 5.41) is 4.23. The first kappa shape index (κ1) is 21.0. The Morgan fingerprint density at radius 3 is 2.43 bits per heavy atom. The second-order valence-electron chi connectivity index (χ2n) is 7.17. The maximum atomic E-state index is 6.08. The molecule has 1 aliphatic heterocycles. The van der Waals surface area contributed by atoms with Gasteiger partial charge >= 0.3 is 0 Å². The number of hydrogen-bond acceptors (Lipinski definition) is 4. The first-order valence-corrected chi connectivity index (χ1v) is 11.2. The number of hydrogen-bond donors (Lipinski definition) is 1. The second-order valence-corrected chi connectivity index (χ2v) is 8.52. The van der Waals surface area contributed by atoms with Gasteiger partial charge in [-0.1, -0.05) is 39.7 Å². The quantitative estimate of drug-likeness (QED) is 0.435. The lowest BCUT2D eigenvalue weighted by Crippen LogP contribution is -2.36. The molecule has 0 bridgehead atoms. The number of ether oxygens (including phenoxy) is 2. The van der Waals surface area contributed by atoms with Crippen LogP contribution in [0.2, 0.25) is 5.02 Å². The van der Waals surface area contributed by atoms with Crippen LogP contribution in [0.3, 0.4) is 0 Å². The summed E-state index contributed by atoms with van der Waals surface area (Å²) < 4.78 is 12.5. The maximum absolute atomic E-state index is 6.08. The molecule has 1 aliphatic rings. The standard InChI is InChI=1S/C24H24BrClN2O2/c25-20-3-10-24(30-17-18-1-4-21(26)5-2-18)19(15-20)16-27-22-6-8-23(9-7-22)28-11-13-29-14-12-28/h1-10,15,27H,11-14,16-17H2. The normalized spacial score (nSPS) is 13.9. The van der Waals surface area contributed by atoms with E-state index in [0.717, 1.165) is 58.4 Å². The lowest BCUT2D eigenvalue weighted by atomic mass is 10.2. The van der Waals surface area contributed by atoms with Gasteiger partial charge in [0.1, 0.15) is 12.4 Å². The monoisotopic (exact) mass is 486 g/mol. The molecule has 0 atom stereocenters. The molecule has 4 nitrogen and oxygen atoms in total. The van der Waals surface area contributed by atoms with Crippen LogP contribution in [0.15, 0.2) is 71.2 Å². The molecule has 3 aromatic carbocycles. The molecule has 3 aromatic rings. The number of nitrogens with zero attached hydrogens (tertiary/aromatic N) is 1. The van der Waals surface area contributed by atoms with Crippen molar-refractivity contribution in [1.82, 2.24) is 0 Å². The molecule has 1 saturated heterocycles. The predicted molar refractivity (Wildman–Crippen MR) is 127 cm³/mol. The van der Waals surface area contributed by atoms with Gasteiger partial charge in [-0.25, -0.2) is 0 Å². The zero-order valence-corrected chi connectivity index (χ0v) is 19.0. The van der Waals surface area contributed by atoms with E-state index in [1.165, 1.54) is 5.69 Å². The molecule has 0 unspecified atom stereocenters. The fourth-order valence-corrected chi connectivity index (χ4v) is 3.91. The lowest BCUT2D eigenvalue weighted by Gasteiger charge is -2.29.